The standard InChI is InChI=1S/C16H9N3O7/c1-26-16(21)12-5-3-10(19(24)25)7-14(12)13-6-9(18(22)23)2-4-11(13)15(20)8-17/h2-7H,1H3. The second-order valence-electron chi connectivity index (χ2n) is 4.91. The Morgan fingerprint density at radius 3 is 1.85 bits per heavy atom. The molecule has 10 heteroatoms. The van der Waals surface area contributed by atoms with Crippen LogP contribution < -0.4 is 0 Å². The van der Waals surface area contributed by atoms with E-state index in [1.54, 1.807) is 0 Å². The first kappa shape index (κ1) is 18.2. The van der Waals surface area contributed by atoms with Gasteiger partial charge in [-0.25, -0.2) is 4.79 Å². The number of non-ortho nitro benzene ring substituents is 2. The van der Waals surface area contributed by atoms with Crippen LogP contribution in [-0.4, -0.2) is 28.7 Å². The highest BCUT2D eigenvalue weighted by Gasteiger charge is 2.24. The molecule has 0 amide bonds. The maximum atomic E-state index is 12.0. The van der Waals surface area contributed by atoms with Gasteiger partial charge in [0, 0.05) is 41.0 Å². The number of ether oxygens (including phenoxy) is 1. The van der Waals surface area contributed by atoms with Gasteiger partial charge in [0.1, 0.15) is 6.07 Å². The van der Waals surface area contributed by atoms with Crippen molar-refractivity contribution >= 4 is 23.1 Å². The predicted octanol–water partition coefficient (Wildman–Crippen LogP) is 2.66. The van der Waals surface area contributed by atoms with Crippen molar-refractivity contribution in [2.24, 2.45) is 0 Å². The zero-order chi connectivity index (χ0) is 19.4. The lowest BCUT2D eigenvalue weighted by atomic mass is 9.92. The number of ketones is 1. The van der Waals surface area contributed by atoms with Gasteiger partial charge in [0.25, 0.3) is 17.2 Å². The number of Topliss-reactive ketones (excluding diaryl/α,β-unsaturated/α-hetero) is 1. The highest BCUT2D eigenvalue weighted by atomic mass is 16.6. The SMILES string of the molecule is COC(=O)c1ccc([N+](=O)[O-])cc1-c1cc([N+](=O)[O-])ccc1C(=O)C#N. The van der Waals surface area contributed by atoms with Crippen LogP contribution >= 0.6 is 0 Å². The lowest BCUT2D eigenvalue weighted by Crippen LogP contribution is -2.07. The van der Waals surface area contributed by atoms with Gasteiger partial charge in [0.2, 0.25) is 0 Å². The van der Waals surface area contributed by atoms with Crippen molar-refractivity contribution in [1.29, 1.82) is 5.26 Å². The van der Waals surface area contributed by atoms with Crippen LogP contribution in [0.25, 0.3) is 11.1 Å². The molecule has 0 radical (unpaired) electrons. The third kappa shape index (κ3) is 3.36. The van der Waals surface area contributed by atoms with Crippen molar-refractivity contribution in [1.82, 2.24) is 0 Å². The molecule has 0 saturated carbocycles. The minimum Gasteiger partial charge on any atom is -0.465 e. The van der Waals surface area contributed by atoms with Gasteiger partial charge >= 0.3 is 5.97 Å². The van der Waals surface area contributed by atoms with Crippen molar-refractivity contribution < 1.29 is 24.2 Å². The minimum atomic E-state index is -1.02. The average molecular weight is 355 g/mol. The molecule has 0 saturated heterocycles. The van der Waals surface area contributed by atoms with Crippen LogP contribution in [0.3, 0.4) is 0 Å². The Morgan fingerprint density at radius 2 is 1.42 bits per heavy atom. The van der Waals surface area contributed by atoms with E-state index in [9.17, 15) is 29.8 Å². The summed E-state index contributed by atoms with van der Waals surface area (Å²) in [6.07, 6.45) is 0. The van der Waals surface area contributed by atoms with Crippen molar-refractivity contribution in [3.05, 3.63) is 67.8 Å². The van der Waals surface area contributed by atoms with E-state index in [-0.39, 0.29) is 22.3 Å². The summed E-state index contributed by atoms with van der Waals surface area (Å²) in [5.41, 5.74) is -1.50. The van der Waals surface area contributed by atoms with Crippen molar-refractivity contribution in [3.8, 4) is 17.2 Å². The molecule has 0 aromatic heterocycles. The van der Waals surface area contributed by atoms with E-state index >= 15 is 0 Å². The summed E-state index contributed by atoms with van der Waals surface area (Å²) < 4.78 is 4.61. The van der Waals surface area contributed by atoms with Gasteiger partial charge in [-0.1, -0.05) is 0 Å². The van der Waals surface area contributed by atoms with Gasteiger partial charge in [-0.2, -0.15) is 5.26 Å². The average Bonchev–Trinajstić information content (AvgIpc) is 2.65. The summed E-state index contributed by atoms with van der Waals surface area (Å²) in [4.78, 5) is 44.5. The number of carbonyl (C=O) groups excluding carboxylic acids is 2. The van der Waals surface area contributed by atoms with Gasteiger partial charge in [0.05, 0.1) is 22.5 Å². The molecule has 26 heavy (non-hydrogen) atoms. The first-order valence-electron chi connectivity index (χ1n) is 6.90. The summed E-state index contributed by atoms with van der Waals surface area (Å²) in [5, 5.41) is 31.0. The smallest absolute Gasteiger partial charge is 0.338 e. The maximum absolute atomic E-state index is 12.0. The van der Waals surface area contributed by atoms with Gasteiger partial charge < -0.3 is 4.74 Å². The Balaban J connectivity index is 2.89. The van der Waals surface area contributed by atoms with E-state index < -0.39 is 33.0 Å². The molecule has 0 bridgehead atoms. The highest BCUT2D eigenvalue weighted by molar-refractivity contribution is 6.13. The lowest BCUT2D eigenvalue weighted by Gasteiger charge is -2.11. The second kappa shape index (κ2) is 7.18. The Kier molecular flexibility index (Phi) is 5.03. The van der Waals surface area contributed by atoms with Gasteiger partial charge in [-0.3, -0.25) is 25.0 Å². The van der Waals surface area contributed by atoms with Gasteiger partial charge in [-0.05, 0) is 12.1 Å². The normalized spacial score (nSPS) is 9.85. The Hall–Kier alpha value is -4.13. The first-order chi connectivity index (χ1) is 12.3. The fraction of sp³-hybridized carbons (Fsp3) is 0.0625. The number of hydrogen-bond donors (Lipinski definition) is 0. The molecule has 0 aliphatic carbocycles. The number of benzene rings is 2. The summed E-state index contributed by atoms with van der Waals surface area (Å²) >= 11 is 0. The molecule has 0 spiro atoms. The van der Waals surface area contributed by atoms with E-state index in [2.05, 4.69) is 4.74 Å². The van der Waals surface area contributed by atoms with Crippen LogP contribution in [0, 0.1) is 31.6 Å². The van der Waals surface area contributed by atoms with Gasteiger partial charge in [-0.15, -0.1) is 0 Å². The van der Waals surface area contributed by atoms with Crippen molar-refractivity contribution in [3.63, 3.8) is 0 Å². The summed E-state index contributed by atoms with van der Waals surface area (Å²) in [5.74, 6) is -1.88. The molecule has 0 unspecified atom stereocenters. The molecule has 0 fully saturated rings. The zero-order valence-electron chi connectivity index (χ0n) is 13.2. The van der Waals surface area contributed by atoms with Crippen LogP contribution in [0.1, 0.15) is 20.7 Å². The molecular weight excluding hydrogens is 346 g/mol. The van der Waals surface area contributed by atoms with Gasteiger partial charge in [0.15, 0.2) is 0 Å². The Morgan fingerprint density at radius 1 is 0.962 bits per heavy atom. The number of esters is 1. The number of nitro groups is 2. The number of nitrogens with zero attached hydrogens (tertiary/aromatic N) is 3. The number of nitro benzene ring substituents is 2. The molecule has 2 rings (SSSR count). The van der Waals surface area contributed by atoms with E-state index in [1.165, 1.54) is 6.07 Å². The largest absolute Gasteiger partial charge is 0.465 e. The number of rotatable bonds is 5. The minimum absolute atomic E-state index is 0.131. The molecular formula is C16H9N3O7. The van der Waals surface area contributed by atoms with E-state index in [0.717, 1.165) is 43.5 Å². The van der Waals surface area contributed by atoms with E-state index in [1.807, 2.05) is 0 Å². The fourth-order valence-electron chi connectivity index (χ4n) is 2.28. The van der Waals surface area contributed by atoms with Crippen LogP contribution in [0.5, 0.6) is 0 Å². The molecule has 130 valence electrons. The third-order valence-electron chi connectivity index (χ3n) is 3.47. The maximum Gasteiger partial charge on any atom is 0.338 e. The van der Waals surface area contributed by atoms with Crippen LogP contribution in [0.4, 0.5) is 11.4 Å². The number of nitriles is 1. The van der Waals surface area contributed by atoms with E-state index in [0.29, 0.717) is 0 Å². The van der Waals surface area contributed by atoms with Crippen LogP contribution in [-0.2, 0) is 4.74 Å². The fourth-order valence-corrected chi connectivity index (χ4v) is 2.28. The number of methoxy groups -OCH3 is 1. The molecule has 2 aromatic rings. The first-order valence-corrected chi connectivity index (χ1v) is 6.90. The molecule has 0 atom stereocenters. The van der Waals surface area contributed by atoms with Crippen molar-refractivity contribution in [2.45, 2.75) is 0 Å². The molecule has 10 nitrogen and oxygen atoms in total. The Bertz CT molecular complexity index is 992. The topological polar surface area (TPSA) is 153 Å². The molecule has 0 N–H and O–H groups in total. The molecule has 0 heterocycles. The van der Waals surface area contributed by atoms with Crippen LogP contribution in [0.15, 0.2) is 36.4 Å². The second-order valence-corrected chi connectivity index (χ2v) is 4.91. The summed E-state index contributed by atoms with van der Waals surface area (Å²) in [7, 11) is 1.09. The monoisotopic (exact) mass is 355 g/mol. The lowest BCUT2D eigenvalue weighted by molar-refractivity contribution is -0.385. The quantitative estimate of drug-likeness (QED) is 0.261. The summed E-state index contributed by atoms with van der Waals surface area (Å²) in [6.45, 7) is 0. The van der Waals surface area contributed by atoms with E-state index in [4.69, 9.17) is 5.26 Å². The number of hydrogen-bond acceptors (Lipinski definition) is 8. The summed E-state index contributed by atoms with van der Waals surface area (Å²) in [6, 6.07) is 7.57. The zero-order valence-corrected chi connectivity index (χ0v) is 13.2. The molecule has 0 aliphatic heterocycles. The van der Waals surface area contributed by atoms with Crippen molar-refractivity contribution in [2.75, 3.05) is 7.11 Å². The molecule has 0 aliphatic rings. The predicted molar refractivity (Wildman–Crippen MR) is 86.5 cm³/mol. The number of carbonyl (C=O) groups is 2. The third-order valence-corrected chi connectivity index (χ3v) is 3.47. The molecule has 2 aromatic carbocycles. The highest BCUT2D eigenvalue weighted by Crippen LogP contribution is 2.34. The van der Waals surface area contributed by atoms with Crippen LogP contribution in [0.2, 0.25) is 0 Å². The Labute approximate surface area is 145 Å².